The fourth-order valence-electron chi connectivity index (χ4n) is 2.94. The maximum atomic E-state index is 12.6. The zero-order valence-electron chi connectivity index (χ0n) is 14.6. The molecule has 0 fully saturated rings. The predicted octanol–water partition coefficient (Wildman–Crippen LogP) is 4.74. The van der Waals surface area contributed by atoms with Crippen LogP contribution in [0.3, 0.4) is 0 Å². The van der Waals surface area contributed by atoms with E-state index in [0.717, 1.165) is 39.4 Å². The van der Waals surface area contributed by atoms with Gasteiger partial charge in [0, 0.05) is 41.0 Å². The summed E-state index contributed by atoms with van der Waals surface area (Å²) in [7, 11) is 0. The molecular formula is C20H18N4OS. The van der Waals surface area contributed by atoms with Crippen molar-refractivity contribution in [3.63, 3.8) is 0 Å². The summed E-state index contributed by atoms with van der Waals surface area (Å²) in [5.74, 6) is -0.195. The Labute approximate surface area is 155 Å². The quantitative estimate of drug-likeness (QED) is 0.570. The van der Waals surface area contributed by atoms with E-state index in [1.54, 1.807) is 11.6 Å². The largest absolute Gasteiger partial charge is 0.332 e. The van der Waals surface area contributed by atoms with Gasteiger partial charge in [0.05, 0.1) is 0 Å². The molecule has 26 heavy (non-hydrogen) atoms. The van der Waals surface area contributed by atoms with E-state index in [4.69, 9.17) is 0 Å². The topological polar surface area (TPSA) is 59.8 Å². The zero-order chi connectivity index (χ0) is 18.1. The number of pyridine rings is 1. The Morgan fingerprint density at radius 2 is 2.08 bits per heavy atom. The van der Waals surface area contributed by atoms with E-state index >= 15 is 0 Å². The number of rotatable bonds is 4. The number of benzene rings is 1. The highest BCUT2D eigenvalue weighted by atomic mass is 32.1. The molecule has 0 unspecified atom stereocenters. The van der Waals surface area contributed by atoms with Crippen LogP contribution in [0.1, 0.15) is 23.0 Å². The van der Waals surface area contributed by atoms with Crippen LogP contribution in [0.25, 0.3) is 21.6 Å². The minimum atomic E-state index is -0.195. The maximum absolute atomic E-state index is 12.6. The smallest absolute Gasteiger partial charge is 0.275 e. The van der Waals surface area contributed by atoms with Gasteiger partial charge in [0.1, 0.15) is 16.3 Å². The van der Waals surface area contributed by atoms with E-state index < -0.39 is 0 Å². The van der Waals surface area contributed by atoms with E-state index in [9.17, 15) is 4.79 Å². The average molecular weight is 362 g/mol. The number of thiazole rings is 1. The molecule has 0 radical (unpaired) electrons. The minimum absolute atomic E-state index is 0.195. The number of carbonyl (C=O) groups is 1. The number of fused-ring (bicyclic) bond motifs is 1. The van der Waals surface area contributed by atoms with Gasteiger partial charge in [-0.1, -0.05) is 18.2 Å². The molecule has 0 bridgehead atoms. The molecule has 0 saturated heterocycles. The molecule has 130 valence electrons. The molecule has 0 aliphatic rings. The van der Waals surface area contributed by atoms with Crippen LogP contribution in [-0.2, 0) is 6.54 Å². The van der Waals surface area contributed by atoms with Crippen molar-refractivity contribution in [2.45, 2.75) is 20.4 Å². The van der Waals surface area contributed by atoms with Crippen molar-refractivity contribution in [1.29, 1.82) is 0 Å². The van der Waals surface area contributed by atoms with Crippen LogP contribution < -0.4 is 5.32 Å². The summed E-state index contributed by atoms with van der Waals surface area (Å²) in [6, 6.07) is 11.7. The third kappa shape index (κ3) is 2.88. The summed E-state index contributed by atoms with van der Waals surface area (Å²) in [5.41, 5.74) is 4.20. The van der Waals surface area contributed by atoms with Gasteiger partial charge in [-0.05, 0) is 37.6 Å². The summed E-state index contributed by atoms with van der Waals surface area (Å²) < 4.78 is 2.10. The summed E-state index contributed by atoms with van der Waals surface area (Å²) in [5, 5.41) is 6.61. The van der Waals surface area contributed by atoms with Gasteiger partial charge >= 0.3 is 0 Å². The van der Waals surface area contributed by atoms with Crippen LogP contribution >= 0.6 is 11.3 Å². The lowest BCUT2D eigenvalue weighted by molar-refractivity contribution is 0.102. The van der Waals surface area contributed by atoms with Crippen LogP contribution in [-0.4, -0.2) is 20.4 Å². The maximum Gasteiger partial charge on any atom is 0.275 e. The molecule has 5 nitrogen and oxygen atoms in total. The second-order valence-electron chi connectivity index (χ2n) is 6.01. The fraction of sp³-hybridized carbons (Fsp3) is 0.150. The van der Waals surface area contributed by atoms with Gasteiger partial charge in [-0.25, -0.2) is 9.97 Å². The van der Waals surface area contributed by atoms with Crippen molar-refractivity contribution in [2.75, 3.05) is 5.32 Å². The first kappa shape index (κ1) is 16.5. The molecule has 0 aliphatic heterocycles. The fourth-order valence-corrected chi connectivity index (χ4v) is 3.76. The highest BCUT2D eigenvalue weighted by molar-refractivity contribution is 7.13. The Kier molecular flexibility index (Phi) is 4.26. The lowest BCUT2D eigenvalue weighted by atomic mass is 10.2. The molecule has 0 spiro atoms. The molecular weight excluding hydrogens is 344 g/mol. The van der Waals surface area contributed by atoms with Crippen LogP contribution in [0.4, 0.5) is 5.69 Å². The molecule has 4 aromatic rings. The summed E-state index contributed by atoms with van der Waals surface area (Å²) in [4.78, 5) is 21.6. The van der Waals surface area contributed by atoms with Gasteiger partial charge in [0.15, 0.2) is 0 Å². The number of aromatic nitrogens is 3. The summed E-state index contributed by atoms with van der Waals surface area (Å²) in [6.45, 7) is 4.88. The molecule has 0 aliphatic carbocycles. The molecule has 1 amide bonds. The second-order valence-corrected chi connectivity index (χ2v) is 6.87. The summed E-state index contributed by atoms with van der Waals surface area (Å²) in [6.07, 6.45) is 3.85. The van der Waals surface area contributed by atoms with Crippen molar-refractivity contribution in [1.82, 2.24) is 14.5 Å². The third-order valence-corrected chi connectivity index (χ3v) is 5.21. The van der Waals surface area contributed by atoms with Gasteiger partial charge in [0.25, 0.3) is 5.91 Å². The molecule has 6 heteroatoms. The van der Waals surface area contributed by atoms with E-state index in [-0.39, 0.29) is 5.91 Å². The van der Waals surface area contributed by atoms with E-state index in [2.05, 4.69) is 33.0 Å². The number of anilines is 1. The molecule has 4 rings (SSSR count). The number of carbonyl (C=O) groups excluding carboxylic acids is 1. The van der Waals surface area contributed by atoms with Gasteiger partial charge in [-0.15, -0.1) is 11.3 Å². The standard InChI is InChI=1S/C20H18N4OS/c1-3-24-11-15(14-8-6-10-21-18(14)24)20-23-17(12-26-20)19(25)22-16-9-5-4-7-13(16)2/h4-12H,3H2,1-2H3,(H,22,25). The Balaban J connectivity index is 1.67. The van der Waals surface area contributed by atoms with Crippen molar-refractivity contribution in [2.24, 2.45) is 0 Å². The Morgan fingerprint density at radius 3 is 2.88 bits per heavy atom. The number of para-hydroxylation sites is 1. The molecule has 1 aromatic carbocycles. The molecule has 3 heterocycles. The van der Waals surface area contributed by atoms with Gasteiger partial charge in [-0.3, -0.25) is 4.79 Å². The number of amides is 1. The summed E-state index contributed by atoms with van der Waals surface area (Å²) >= 11 is 1.47. The highest BCUT2D eigenvalue weighted by Crippen LogP contribution is 2.32. The second kappa shape index (κ2) is 6.72. The normalized spacial score (nSPS) is 11.0. The minimum Gasteiger partial charge on any atom is -0.332 e. The highest BCUT2D eigenvalue weighted by Gasteiger charge is 2.16. The first-order chi connectivity index (χ1) is 12.7. The van der Waals surface area contributed by atoms with E-state index in [1.165, 1.54) is 11.3 Å². The third-order valence-electron chi connectivity index (χ3n) is 4.34. The molecule has 0 saturated carbocycles. The first-order valence-electron chi connectivity index (χ1n) is 8.44. The van der Waals surface area contributed by atoms with Crippen molar-refractivity contribution < 1.29 is 4.79 Å². The first-order valence-corrected chi connectivity index (χ1v) is 9.32. The predicted molar refractivity (Wildman–Crippen MR) is 106 cm³/mol. The van der Waals surface area contributed by atoms with Crippen molar-refractivity contribution in [3.05, 3.63) is 65.4 Å². The monoisotopic (exact) mass is 362 g/mol. The Hall–Kier alpha value is -2.99. The lowest BCUT2D eigenvalue weighted by Gasteiger charge is -2.06. The SMILES string of the molecule is CCn1cc(-c2nc(C(=O)Nc3ccccc3C)cs2)c2cccnc21. The van der Waals surface area contributed by atoms with Crippen LogP contribution in [0.15, 0.2) is 54.2 Å². The van der Waals surface area contributed by atoms with Crippen molar-refractivity contribution >= 4 is 34.0 Å². The lowest BCUT2D eigenvalue weighted by Crippen LogP contribution is -2.13. The van der Waals surface area contributed by atoms with Crippen LogP contribution in [0, 0.1) is 6.92 Å². The number of hydrogen-bond acceptors (Lipinski definition) is 4. The average Bonchev–Trinajstić information content (AvgIpc) is 3.28. The molecule has 3 aromatic heterocycles. The number of aryl methyl sites for hydroxylation is 2. The molecule has 1 N–H and O–H groups in total. The van der Waals surface area contributed by atoms with Gasteiger partial charge in [0.2, 0.25) is 0 Å². The van der Waals surface area contributed by atoms with E-state index in [0.29, 0.717) is 5.69 Å². The van der Waals surface area contributed by atoms with Crippen LogP contribution in [0.5, 0.6) is 0 Å². The van der Waals surface area contributed by atoms with Gasteiger partial charge < -0.3 is 9.88 Å². The Morgan fingerprint density at radius 1 is 1.23 bits per heavy atom. The van der Waals surface area contributed by atoms with Crippen LogP contribution in [0.2, 0.25) is 0 Å². The number of nitrogens with one attached hydrogen (secondary N) is 1. The van der Waals surface area contributed by atoms with Gasteiger partial charge in [-0.2, -0.15) is 0 Å². The number of nitrogens with zero attached hydrogens (tertiary/aromatic N) is 3. The molecule has 0 atom stereocenters. The van der Waals surface area contributed by atoms with Crippen molar-refractivity contribution in [3.8, 4) is 10.6 Å². The zero-order valence-corrected chi connectivity index (χ0v) is 15.4. The van der Waals surface area contributed by atoms with E-state index in [1.807, 2.05) is 43.3 Å². The number of hydrogen-bond donors (Lipinski definition) is 1. The Bertz CT molecular complexity index is 1100.